The SMILES string of the molecule is Cc1ccccc1-n1c(SCC(=O)Nc2ccc(C(=O)N(C)C)cc2)nnc1-c1ccncc1. The first kappa shape index (κ1) is 23.2. The second-order valence-corrected chi connectivity index (χ2v) is 8.72. The van der Waals surface area contributed by atoms with Gasteiger partial charge < -0.3 is 10.2 Å². The molecule has 0 saturated heterocycles. The van der Waals surface area contributed by atoms with Gasteiger partial charge in [0.1, 0.15) is 0 Å². The molecule has 34 heavy (non-hydrogen) atoms. The lowest BCUT2D eigenvalue weighted by Gasteiger charge is -2.13. The molecule has 0 spiro atoms. The third kappa shape index (κ3) is 5.15. The largest absolute Gasteiger partial charge is 0.345 e. The van der Waals surface area contributed by atoms with Gasteiger partial charge in [-0.25, -0.2) is 0 Å². The summed E-state index contributed by atoms with van der Waals surface area (Å²) in [6, 6.07) is 18.6. The summed E-state index contributed by atoms with van der Waals surface area (Å²) in [4.78, 5) is 30.3. The summed E-state index contributed by atoms with van der Waals surface area (Å²) in [6.07, 6.45) is 3.42. The van der Waals surface area contributed by atoms with Crippen LogP contribution in [0.25, 0.3) is 17.1 Å². The van der Waals surface area contributed by atoms with Crippen molar-refractivity contribution in [1.82, 2.24) is 24.6 Å². The van der Waals surface area contributed by atoms with Crippen molar-refractivity contribution in [1.29, 1.82) is 0 Å². The van der Waals surface area contributed by atoms with Crippen LogP contribution in [0.1, 0.15) is 15.9 Å². The summed E-state index contributed by atoms with van der Waals surface area (Å²) in [6.45, 7) is 2.03. The Balaban J connectivity index is 1.52. The van der Waals surface area contributed by atoms with E-state index in [4.69, 9.17) is 0 Å². The number of benzene rings is 2. The first-order valence-electron chi connectivity index (χ1n) is 10.6. The molecule has 4 aromatic rings. The van der Waals surface area contributed by atoms with Crippen molar-refractivity contribution >= 4 is 29.3 Å². The van der Waals surface area contributed by atoms with E-state index in [9.17, 15) is 9.59 Å². The monoisotopic (exact) mass is 472 g/mol. The van der Waals surface area contributed by atoms with E-state index < -0.39 is 0 Å². The number of amides is 2. The Morgan fingerprint density at radius 1 is 0.971 bits per heavy atom. The van der Waals surface area contributed by atoms with E-state index in [0.29, 0.717) is 22.2 Å². The highest BCUT2D eigenvalue weighted by Gasteiger charge is 2.18. The molecule has 2 aromatic carbocycles. The lowest BCUT2D eigenvalue weighted by Crippen LogP contribution is -2.21. The highest BCUT2D eigenvalue weighted by atomic mass is 32.2. The van der Waals surface area contributed by atoms with E-state index in [1.165, 1.54) is 16.7 Å². The number of aryl methyl sites for hydroxylation is 1. The first-order valence-corrected chi connectivity index (χ1v) is 11.6. The third-order valence-corrected chi connectivity index (χ3v) is 6.01. The van der Waals surface area contributed by atoms with E-state index in [1.54, 1.807) is 50.8 Å². The minimum atomic E-state index is -0.179. The number of aromatic nitrogens is 4. The molecule has 2 amide bonds. The number of nitrogens with one attached hydrogen (secondary N) is 1. The summed E-state index contributed by atoms with van der Waals surface area (Å²) in [5.74, 6) is 0.565. The molecule has 0 fully saturated rings. The minimum absolute atomic E-state index is 0.0889. The highest BCUT2D eigenvalue weighted by molar-refractivity contribution is 7.99. The maximum absolute atomic E-state index is 12.6. The molecule has 0 atom stereocenters. The molecule has 0 unspecified atom stereocenters. The number of anilines is 1. The molecule has 0 saturated carbocycles. The van der Waals surface area contributed by atoms with Crippen LogP contribution in [0.15, 0.2) is 78.2 Å². The summed E-state index contributed by atoms with van der Waals surface area (Å²) in [5.41, 5.74) is 4.08. The van der Waals surface area contributed by atoms with Gasteiger partial charge in [0, 0.05) is 43.3 Å². The van der Waals surface area contributed by atoms with Crippen LogP contribution < -0.4 is 5.32 Å². The third-order valence-electron chi connectivity index (χ3n) is 5.08. The summed E-state index contributed by atoms with van der Waals surface area (Å²) >= 11 is 1.31. The number of hydrogen-bond donors (Lipinski definition) is 1. The molecular weight excluding hydrogens is 448 g/mol. The molecule has 2 heterocycles. The van der Waals surface area contributed by atoms with Crippen LogP contribution in [-0.4, -0.2) is 56.3 Å². The average Bonchev–Trinajstić information content (AvgIpc) is 3.27. The molecule has 0 aliphatic heterocycles. The van der Waals surface area contributed by atoms with Gasteiger partial charge in [-0.3, -0.25) is 19.1 Å². The Labute approximate surface area is 202 Å². The van der Waals surface area contributed by atoms with Crippen LogP contribution in [0.3, 0.4) is 0 Å². The van der Waals surface area contributed by atoms with E-state index in [2.05, 4.69) is 20.5 Å². The van der Waals surface area contributed by atoms with Crippen LogP contribution in [0.5, 0.6) is 0 Å². The predicted octanol–water partition coefficient (Wildman–Crippen LogP) is 4.07. The Morgan fingerprint density at radius 2 is 1.68 bits per heavy atom. The molecule has 0 aliphatic carbocycles. The van der Waals surface area contributed by atoms with Gasteiger partial charge in [-0.05, 0) is 55.0 Å². The lowest BCUT2D eigenvalue weighted by atomic mass is 10.2. The molecule has 172 valence electrons. The maximum atomic E-state index is 12.6. The zero-order chi connectivity index (χ0) is 24.1. The van der Waals surface area contributed by atoms with Gasteiger partial charge in [-0.15, -0.1) is 10.2 Å². The van der Waals surface area contributed by atoms with E-state index in [-0.39, 0.29) is 17.6 Å². The number of pyridine rings is 1. The molecular formula is C25H24N6O2S. The summed E-state index contributed by atoms with van der Waals surface area (Å²) < 4.78 is 1.96. The van der Waals surface area contributed by atoms with Crippen LogP contribution in [0, 0.1) is 6.92 Å². The Bertz CT molecular complexity index is 1300. The van der Waals surface area contributed by atoms with Crippen LogP contribution in [0.2, 0.25) is 0 Å². The Hall–Kier alpha value is -3.98. The lowest BCUT2D eigenvalue weighted by molar-refractivity contribution is -0.113. The number of nitrogens with zero attached hydrogens (tertiary/aromatic N) is 5. The second kappa shape index (κ2) is 10.3. The van der Waals surface area contributed by atoms with Crippen molar-refractivity contribution in [2.45, 2.75) is 12.1 Å². The van der Waals surface area contributed by atoms with Gasteiger partial charge in [0.2, 0.25) is 5.91 Å². The summed E-state index contributed by atoms with van der Waals surface area (Å²) in [7, 11) is 3.40. The number of carbonyl (C=O) groups is 2. The average molecular weight is 473 g/mol. The van der Waals surface area contributed by atoms with Crippen LogP contribution in [0.4, 0.5) is 5.69 Å². The fourth-order valence-corrected chi connectivity index (χ4v) is 4.11. The quantitative estimate of drug-likeness (QED) is 0.408. The van der Waals surface area contributed by atoms with Crippen molar-refractivity contribution in [3.05, 3.63) is 84.2 Å². The number of hydrogen-bond acceptors (Lipinski definition) is 6. The van der Waals surface area contributed by atoms with Gasteiger partial charge in [-0.1, -0.05) is 30.0 Å². The number of para-hydroxylation sites is 1. The first-order chi connectivity index (χ1) is 16.4. The van der Waals surface area contributed by atoms with E-state index in [1.807, 2.05) is 47.9 Å². The highest BCUT2D eigenvalue weighted by Crippen LogP contribution is 2.29. The van der Waals surface area contributed by atoms with Crippen molar-refractivity contribution in [2.24, 2.45) is 0 Å². The summed E-state index contributed by atoms with van der Waals surface area (Å²) in [5, 5.41) is 12.3. The van der Waals surface area contributed by atoms with Gasteiger partial charge in [0.05, 0.1) is 11.4 Å². The Kier molecular flexibility index (Phi) is 7.03. The Morgan fingerprint density at radius 3 is 2.35 bits per heavy atom. The zero-order valence-electron chi connectivity index (χ0n) is 19.1. The van der Waals surface area contributed by atoms with Crippen molar-refractivity contribution < 1.29 is 9.59 Å². The van der Waals surface area contributed by atoms with E-state index in [0.717, 1.165) is 16.8 Å². The fourth-order valence-electron chi connectivity index (χ4n) is 3.36. The van der Waals surface area contributed by atoms with Crippen molar-refractivity contribution in [2.75, 3.05) is 25.2 Å². The number of thioether (sulfide) groups is 1. The van der Waals surface area contributed by atoms with Crippen LogP contribution in [-0.2, 0) is 4.79 Å². The van der Waals surface area contributed by atoms with Crippen LogP contribution >= 0.6 is 11.8 Å². The topological polar surface area (TPSA) is 93.0 Å². The van der Waals surface area contributed by atoms with Gasteiger partial charge in [-0.2, -0.15) is 0 Å². The fraction of sp³-hybridized carbons (Fsp3) is 0.160. The molecule has 1 N–H and O–H groups in total. The zero-order valence-corrected chi connectivity index (χ0v) is 19.9. The molecule has 8 nitrogen and oxygen atoms in total. The number of rotatable bonds is 7. The van der Waals surface area contributed by atoms with Gasteiger partial charge in [0.15, 0.2) is 11.0 Å². The molecule has 4 rings (SSSR count). The van der Waals surface area contributed by atoms with Gasteiger partial charge in [0.25, 0.3) is 5.91 Å². The molecule has 0 radical (unpaired) electrons. The smallest absolute Gasteiger partial charge is 0.253 e. The van der Waals surface area contributed by atoms with E-state index >= 15 is 0 Å². The predicted molar refractivity (Wildman–Crippen MR) is 133 cm³/mol. The van der Waals surface area contributed by atoms with Gasteiger partial charge >= 0.3 is 0 Å². The maximum Gasteiger partial charge on any atom is 0.253 e. The number of carbonyl (C=O) groups excluding carboxylic acids is 2. The molecule has 2 aromatic heterocycles. The van der Waals surface area contributed by atoms with Crippen molar-refractivity contribution in [3.63, 3.8) is 0 Å². The van der Waals surface area contributed by atoms with Crippen molar-refractivity contribution in [3.8, 4) is 17.1 Å². The minimum Gasteiger partial charge on any atom is -0.345 e. The standard InChI is InChI=1S/C25H24N6O2S/c1-17-6-4-5-7-21(17)31-23(18-12-14-26-15-13-18)28-29-25(31)34-16-22(32)27-20-10-8-19(9-11-20)24(33)30(2)3/h4-15H,16H2,1-3H3,(H,27,32). The second-order valence-electron chi connectivity index (χ2n) is 7.78. The molecule has 9 heteroatoms. The molecule has 0 aliphatic rings. The molecule has 0 bridgehead atoms. The normalized spacial score (nSPS) is 10.7.